The monoisotopic (exact) mass is 604 g/mol. The lowest BCUT2D eigenvalue weighted by Crippen LogP contribution is -2.43. The maximum Gasteiger partial charge on any atom is 0.238 e. The Hall–Kier alpha value is -4.72. The van der Waals surface area contributed by atoms with Gasteiger partial charge in [-0.2, -0.15) is 0 Å². The predicted octanol–water partition coefficient (Wildman–Crippen LogP) is 5.57. The van der Waals surface area contributed by atoms with Crippen molar-refractivity contribution in [2.45, 2.75) is 45.4 Å². The number of aromatic hydroxyl groups is 1. The first-order chi connectivity index (χ1) is 21.8. The third-order valence-corrected chi connectivity index (χ3v) is 10.4. The van der Waals surface area contributed by atoms with Gasteiger partial charge in [-0.15, -0.1) is 0 Å². The Labute approximate surface area is 262 Å². The molecule has 4 amide bonds. The Morgan fingerprint density at radius 1 is 0.711 bits per heavy atom. The Balaban J connectivity index is 1.33. The molecule has 0 bridgehead atoms. The van der Waals surface area contributed by atoms with E-state index in [2.05, 4.69) is 6.92 Å². The third kappa shape index (κ3) is 4.41. The number of amides is 4. The van der Waals surface area contributed by atoms with Crippen LogP contribution in [-0.4, -0.2) is 35.8 Å². The normalized spacial score (nSPS) is 27.3. The molecular formula is C37H36N2O6. The van der Waals surface area contributed by atoms with Gasteiger partial charge >= 0.3 is 0 Å². The van der Waals surface area contributed by atoms with Gasteiger partial charge in [0.05, 0.1) is 42.2 Å². The predicted molar refractivity (Wildman–Crippen MR) is 169 cm³/mol. The number of hydrogen-bond donors (Lipinski definition) is 1. The van der Waals surface area contributed by atoms with Crippen molar-refractivity contribution in [3.8, 4) is 11.5 Å². The fourth-order valence-electron chi connectivity index (χ4n) is 8.16. The molecule has 8 heteroatoms. The summed E-state index contributed by atoms with van der Waals surface area (Å²) in [6.45, 7) is 4.10. The number of anilines is 2. The lowest BCUT2D eigenvalue weighted by molar-refractivity contribution is -0.126. The number of benzene rings is 3. The van der Waals surface area contributed by atoms with Gasteiger partial charge in [-0.3, -0.25) is 29.0 Å². The highest BCUT2D eigenvalue weighted by molar-refractivity contribution is 6.24. The topological polar surface area (TPSA) is 104 Å². The van der Waals surface area contributed by atoms with Crippen molar-refractivity contribution in [3.05, 3.63) is 95.1 Å². The second kappa shape index (κ2) is 11.0. The van der Waals surface area contributed by atoms with E-state index in [1.165, 1.54) is 23.0 Å². The molecular weight excluding hydrogens is 568 g/mol. The maximum atomic E-state index is 14.3. The Morgan fingerprint density at radius 2 is 1.27 bits per heavy atom. The summed E-state index contributed by atoms with van der Waals surface area (Å²) in [5, 5.41) is 10.3. The van der Waals surface area contributed by atoms with Crippen LogP contribution in [0, 0.1) is 29.6 Å². The van der Waals surface area contributed by atoms with Gasteiger partial charge < -0.3 is 9.84 Å². The summed E-state index contributed by atoms with van der Waals surface area (Å²) in [6, 6.07) is 19.8. The molecule has 45 heavy (non-hydrogen) atoms. The van der Waals surface area contributed by atoms with Crippen LogP contribution in [-0.2, 0) is 32.0 Å². The minimum Gasteiger partial charge on any atom is -0.508 e. The number of ether oxygens (including phenoxy) is 1. The second-order valence-corrected chi connectivity index (χ2v) is 12.5. The highest BCUT2D eigenvalue weighted by Crippen LogP contribution is 2.59. The first-order valence-electron chi connectivity index (χ1n) is 15.8. The van der Waals surface area contributed by atoms with E-state index in [4.69, 9.17) is 4.74 Å². The minimum absolute atomic E-state index is 0.0185. The Bertz CT molecular complexity index is 1740. The van der Waals surface area contributed by atoms with Gasteiger partial charge in [-0.05, 0) is 73.1 Å². The van der Waals surface area contributed by atoms with Crippen molar-refractivity contribution in [2.75, 3.05) is 16.9 Å². The molecule has 6 unspecified atom stereocenters. The second-order valence-electron chi connectivity index (χ2n) is 12.5. The zero-order valence-electron chi connectivity index (χ0n) is 25.6. The van der Waals surface area contributed by atoms with Crippen molar-refractivity contribution < 1.29 is 29.0 Å². The number of allylic oxidation sites excluding steroid dienone is 2. The van der Waals surface area contributed by atoms with Crippen LogP contribution in [0.15, 0.2) is 78.4 Å². The van der Waals surface area contributed by atoms with Crippen LogP contribution >= 0.6 is 0 Å². The number of carbonyl (C=O) groups excluding carboxylic acids is 4. The molecule has 0 radical (unpaired) electrons. The highest BCUT2D eigenvalue weighted by atomic mass is 16.5. The molecule has 3 aromatic carbocycles. The zero-order valence-corrected chi connectivity index (χ0v) is 25.6. The fraction of sp³-hybridized carbons (Fsp3) is 0.351. The standard InChI is InChI=1S/C37H36N2O6/c1-4-20-6-10-22(11-7-20)38-34(41)27-17-16-25-28(32(27)36(38)43)19-29-33(31(25)26-15-14-24(40)18-30(26)45-3)37(44)39(35(29)42)23-12-8-21(5-2)9-13-23/h6-16,18,27-29,31-33,40H,4-5,17,19H2,1-3H3. The molecule has 230 valence electrons. The highest BCUT2D eigenvalue weighted by Gasteiger charge is 2.62. The van der Waals surface area contributed by atoms with E-state index < -0.39 is 35.5 Å². The number of rotatable bonds is 6. The molecule has 0 spiro atoms. The quantitative estimate of drug-likeness (QED) is 0.292. The maximum absolute atomic E-state index is 14.3. The summed E-state index contributed by atoms with van der Waals surface area (Å²) in [4.78, 5) is 59.2. The van der Waals surface area contributed by atoms with E-state index in [0.29, 0.717) is 35.5 Å². The van der Waals surface area contributed by atoms with Crippen molar-refractivity contribution in [3.63, 3.8) is 0 Å². The number of imide groups is 2. The molecule has 2 saturated heterocycles. The number of aryl methyl sites for hydroxylation is 2. The molecule has 6 atom stereocenters. The number of hydrogen-bond acceptors (Lipinski definition) is 6. The molecule has 2 aliphatic heterocycles. The fourth-order valence-corrected chi connectivity index (χ4v) is 8.16. The van der Waals surface area contributed by atoms with Crippen LogP contribution in [0.4, 0.5) is 11.4 Å². The van der Waals surface area contributed by atoms with E-state index in [9.17, 15) is 24.3 Å². The van der Waals surface area contributed by atoms with E-state index in [0.717, 1.165) is 29.5 Å². The molecule has 1 N–H and O–H groups in total. The molecule has 2 heterocycles. The van der Waals surface area contributed by atoms with Gasteiger partial charge in [-0.25, -0.2) is 0 Å². The summed E-state index contributed by atoms with van der Waals surface area (Å²) in [6.07, 6.45) is 4.36. The molecule has 3 aromatic rings. The molecule has 2 aliphatic carbocycles. The van der Waals surface area contributed by atoms with Crippen LogP contribution in [0.2, 0.25) is 0 Å². The van der Waals surface area contributed by atoms with E-state index in [1.54, 1.807) is 12.1 Å². The van der Waals surface area contributed by atoms with Gasteiger partial charge in [-0.1, -0.05) is 55.8 Å². The minimum atomic E-state index is -0.717. The van der Waals surface area contributed by atoms with Crippen molar-refractivity contribution >= 4 is 35.0 Å². The summed E-state index contributed by atoms with van der Waals surface area (Å²) >= 11 is 0. The molecule has 4 aliphatic rings. The van der Waals surface area contributed by atoms with Gasteiger partial charge in [0.15, 0.2) is 0 Å². The number of nitrogens with zero attached hydrogens (tertiary/aromatic N) is 2. The largest absolute Gasteiger partial charge is 0.508 e. The summed E-state index contributed by atoms with van der Waals surface area (Å²) in [5.41, 5.74) is 4.85. The van der Waals surface area contributed by atoms with E-state index in [-0.39, 0.29) is 29.4 Å². The SMILES string of the molecule is CCc1ccc(N2C(=O)C3CC=C4C(CC5C(=O)N(c6ccc(CC)cc6)C(=O)C5C4c4ccc(O)cc4OC)C3C2=O)cc1. The molecule has 1 saturated carbocycles. The third-order valence-electron chi connectivity index (χ3n) is 10.4. The van der Waals surface area contributed by atoms with Crippen LogP contribution in [0.3, 0.4) is 0 Å². The smallest absolute Gasteiger partial charge is 0.238 e. The lowest BCUT2D eigenvalue weighted by atomic mass is 9.57. The molecule has 7 rings (SSSR count). The zero-order chi connectivity index (χ0) is 31.6. The Kier molecular flexibility index (Phi) is 7.10. The number of fused-ring (bicyclic) bond motifs is 4. The van der Waals surface area contributed by atoms with Gasteiger partial charge in [0.2, 0.25) is 23.6 Å². The Morgan fingerprint density at radius 3 is 1.82 bits per heavy atom. The number of phenolic OH excluding ortho intramolecular Hbond substituents is 1. The lowest BCUT2D eigenvalue weighted by Gasteiger charge is -2.44. The van der Waals surface area contributed by atoms with Gasteiger partial charge in [0.1, 0.15) is 11.5 Å². The van der Waals surface area contributed by atoms with E-state index in [1.807, 2.05) is 61.5 Å². The van der Waals surface area contributed by atoms with Crippen molar-refractivity contribution in [2.24, 2.45) is 29.6 Å². The molecule has 8 nitrogen and oxygen atoms in total. The van der Waals surface area contributed by atoms with E-state index >= 15 is 0 Å². The van der Waals surface area contributed by atoms with Crippen LogP contribution in [0.5, 0.6) is 11.5 Å². The number of phenols is 1. The first-order valence-corrected chi connectivity index (χ1v) is 15.8. The number of carbonyl (C=O) groups is 4. The number of methoxy groups -OCH3 is 1. The van der Waals surface area contributed by atoms with Crippen LogP contribution in [0.1, 0.15) is 49.3 Å². The van der Waals surface area contributed by atoms with Crippen LogP contribution in [0.25, 0.3) is 0 Å². The molecule has 3 fully saturated rings. The van der Waals surface area contributed by atoms with Crippen molar-refractivity contribution in [1.29, 1.82) is 0 Å². The average molecular weight is 605 g/mol. The average Bonchev–Trinajstić information content (AvgIpc) is 3.47. The van der Waals surface area contributed by atoms with Crippen LogP contribution < -0.4 is 14.5 Å². The molecule has 0 aromatic heterocycles. The van der Waals surface area contributed by atoms with Gasteiger partial charge in [0.25, 0.3) is 0 Å². The summed E-state index contributed by atoms with van der Waals surface area (Å²) in [7, 11) is 1.51. The summed E-state index contributed by atoms with van der Waals surface area (Å²) < 4.78 is 5.70. The summed E-state index contributed by atoms with van der Waals surface area (Å²) in [5.74, 6) is -4.21. The first kappa shape index (κ1) is 29.0. The van der Waals surface area contributed by atoms with Gasteiger partial charge in [0, 0.05) is 17.5 Å². The van der Waals surface area contributed by atoms with Crippen molar-refractivity contribution in [1.82, 2.24) is 0 Å².